The van der Waals surface area contributed by atoms with E-state index in [2.05, 4.69) is 4.98 Å². The van der Waals surface area contributed by atoms with Gasteiger partial charge in [0.1, 0.15) is 16.9 Å². The van der Waals surface area contributed by atoms with Crippen molar-refractivity contribution in [3.63, 3.8) is 0 Å². The Morgan fingerprint density at radius 2 is 2.11 bits per heavy atom. The van der Waals surface area contributed by atoms with Crippen LogP contribution in [-0.4, -0.2) is 39.5 Å². The minimum atomic E-state index is -0.980. The lowest BCUT2D eigenvalue weighted by atomic mass is 10.0. The summed E-state index contributed by atoms with van der Waals surface area (Å²) in [6.45, 7) is 0.435. The first kappa shape index (κ1) is 13.2. The Kier molecular flexibility index (Phi) is 3.82. The topological polar surface area (TPSA) is 73.4 Å². The van der Waals surface area contributed by atoms with Gasteiger partial charge in [-0.3, -0.25) is 4.79 Å². The number of nitrogens with one attached hydrogen (secondary N) is 1. The molecule has 1 fully saturated rings. The minimum absolute atomic E-state index is 0.184. The number of likely N-dealkylation sites (tertiary alicyclic amines) is 1. The van der Waals surface area contributed by atoms with E-state index >= 15 is 0 Å². The smallest absolute Gasteiger partial charge is 0.326 e. The van der Waals surface area contributed by atoms with E-state index in [4.69, 9.17) is 28.3 Å². The van der Waals surface area contributed by atoms with E-state index in [9.17, 15) is 9.59 Å². The van der Waals surface area contributed by atoms with Gasteiger partial charge in [-0.25, -0.2) is 4.79 Å². The maximum Gasteiger partial charge on any atom is 0.326 e. The largest absolute Gasteiger partial charge is 0.480 e. The van der Waals surface area contributed by atoms with Gasteiger partial charge >= 0.3 is 5.97 Å². The van der Waals surface area contributed by atoms with Gasteiger partial charge in [-0.15, -0.1) is 0 Å². The molecule has 0 aliphatic carbocycles. The number of aliphatic carboxylic acids is 1. The molecule has 0 aromatic carbocycles. The fourth-order valence-corrected chi connectivity index (χ4v) is 2.42. The van der Waals surface area contributed by atoms with Gasteiger partial charge in [0.2, 0.25) is 0 Å². The van der Waals surface area contributed by atoms with E-state index in [-0.39, 0.29) is 21.8 Å². The lowest BCUT2D eigenvalue weighted by Gasteiger charge is -2.32. The van der Waals surface area contributed by atoms with Crippen LogP contribution in [0.15, 0.2) is 6.07 Å². The van der Waals surface area contributed by atoms with Crippen molar-refractivity contribution < 1.29 is 14.7 Å². The fourth-order valence-electron chi connectivity index (χ4n) is 2.11. The number of amides is 1. The molecule has 1 amide bonds. The van der Waals surface area contributed by atoms with Crippen molar-refractivity contribution in [2.75, 3.05) is 6.54 Å². The Morgan fingerprint density at radius 1 is 1.39 bits per heavy atom. The van der Waals surface area contributed by atoms with Crippen molar-refractivity contribution in [1.82, 2.24) is 9.88 Å². The van der Waals surface area contributed by atoms with Gasteiger partial charge in [0.05, 0.1) is 5.02 Å². The quantitative estimate of drug-likeness (QED) is 0.878. The van der Waals surface area contributed by atoms with Crippen LogP contribution in [0.2, 0.25) is 10.2 Å². The molecular formula is C11H12Cl2N2O3. The van der Waals surface area contributed by atoms with Gasteiger partial charge < -0.3 is 15.0 Å². The monoisotopic (exact) mass is 290 g/mol. The molecule has 5 nitrogen and oxygen atoms in total. The number of H-pyrrole nitrogens is 1. The third-order valence-electron chi connectivity index (χ3n) is 3.00. The molecule has 1 aromatic heterocycles. The summed E-state index contributed by atoms with van der Waals surface area (Å²) >= 11 is 11.5. The van der Waals surface area contributed by atoms with E-state index in [1.165, 1.54) is 11.0 Å². The minimum Gasteiger partial charge on any atom is -0.480 e. The number of piperidine rings is 1. The molecule has 0 saturated carbocycles. The van der Waals surface area contributed by atoms with Gasteiger partial charge in [0, 0.05) is 6.54 Å². The Bertz CT molecular complexity index is 467. The van der Waals surface area contributed by atoms with Crippen molar-refractivity contribution in [2.24, 2.45) is 0 Å². The highest BCUT2D eigenvalue weighted by Gasteiger charge is 2.33. The predicted octanol–water partition coefficient (Wildman–Crippen LogP) is 2.40. The van der Waals surface area contributed by atoms with Gasteiger partial charge in [-0.2, -0.15) is 0 Å². The van der Waals surface area contributed by atoms with E-state index in [1.807, 2.05) is 0 Å². The first-order valence-electron chi connectivity index (χ1n) is 5.58. The lowest BCUT2D eigenvalue weighted by Crippen LogP contribution is -2.48. The summed E-state index contributed by atoms with van der Waals surface area (Å²) < 4.78 is 0. The summed E-state index contributed by atoms with van der Waals surface area (Å²) in [5.74, 6) is -1.36. The van der Waals surface area contributed by atoms with Crippen LogP contribution < -0.4 is 0 Å². The molecule has 18 heavy (non-hydrogen) atoms. The average molecular weight is 291 g/mol. The summed E-state index contributed by atoms with van der Waals surface area (Å²) in [6, 6.07) is 0.645. The van der Waals surface area contributed by atoms with Crippen LogP contribution in [-0.2, 0) is 4.79 Å². The molecule has 2 heterocycles. The zero-order chi connectivity index (χ0) is 13.3. The molecule has 0 unspecified atom stereocenters. The normalized spacial score (nSPS) is 19.9. The molecule has 1 aliphatic heterocycles. The van der Waals surface area contributed by atoms with Crippen LogP contribution in [0, 0.1) is 0 Å². The molecule has 1 atom stereocenters. The number of hydrogen-bond donors (Lipinski definition) is 2. The molecule has 1 aliphatic rings. The standard InChI is InChI=1S/C11H12Cl2N2O3/c12-6-5-7(14-9(6)13)10(16)15-4-2-1-3-8(15)11(17)18/h5,8,14H,1-4H2,(H,17,18)/t8-/m1/s1. The van der Waals surface area contributed by atoms with Crippen LogP contribution in [0.1, 0.15) is 29.8 Å². The number of carbonyl (C=O) groups excluding carboxylic acids is 1. The second-order valence-corrected chi connectivity index (χ2v) is 4.98. The Morgan fingerprint density at radius 3 is 2.67 bits per heavy atom. The summed E-state index contributed by atoms with van der Waals surface area (Å²) in [5, 5.41) is 9.55. The average Bonchev–Trinajstić information content (AvgIpc) is 2.68. The first-order chi connectivity index (χ1) is 8.50. The Balaban J connectivity index is 2.23. The van der Waals surface area contributed by atoms with Crippen LogP contribution >= 0.6 is 23.2 Å². The molecule has 98 valence electrons. The van der Waals surface area contributed by atoms with Crippen molar-refractivity contribution in [3.8, 4) is 0 Å². The highest BCUT2D eigenvalue weighted by molar-refractivity contribution is 6.41. The third-order valence-corrected chi connectivity index (χ3v) is 3.70. The van der Waals surface area contributed by atoms with Crippen molar-refractivity contribution >= 4 is 35.1 Å². The zero-order valence-corrected chi connectivity index (χ0v) is 11.0. The predicted molar refractivity (Wildman–Crippen MR) is 67.1 cm³/mol. The SMILES string of the molecule is O=C(O)[C@H]1CCCCN1C(=O)c1cc(Cl)c(Cl)[nH]1. The number of carboxylic acid groups (broad SMARTS) is 1. The second-order valence-electron chi connectivity index (χ2n) is 4.19. The summed E-state index contributed by atoms with van der Waals surface area (Å²) in [5.41, 5.74) is 0.221. The lowest BCUT2D eigenvalue weighted by molar-refractivity contribution is -0.143. The Labute approximate surface area is 114 Å². The first-order valence-corrected chi connectivity index (χ1v) is 6.34. The number of hydrogen-bond acceptors (Lipinski definition) is 2. The number of carbonyl (C=O) groups is 2. The number of nitrogens with zero attached hydrogens (tertiary/aromatic N) is 1. The van der Waals surface area contributed by atoms with Crippen LogP contribution in [0.3, 0.4) is 0 Å². The van der Waals surface area contributed by atoms with Crippen molar-refractivity contribution in [3.05, 3.63) is 21.9 Å². The van der Waals surface area contributed by atoms with E-state index in [1.54, 1.807) is 0 Å². The van der Waals surface area contributed by atoms with Crippen LogP contribution in [0.5, 0.6) is 0 Å². The van der Waals surface area contributed by atoms with E-state index in [0.717, 1.165) is 12.8 Å². The Hall–Kier alpha value is -1.20. The molecule has 2 rings (SSSR count). The van der Waals surface area contributed by atoms with E-state index < -0.39 is 12.0 Å². The van der Waals surface area contributed by atoms with Gasteiger partial charge in [0.15, 0.2) is 0 Å². The van der Waals surface area contributed by atoms with Crippen LogP contribution in [0.25, 0.3) is 0 Å². The molecule has 1 saturated heterocycles. The molecule has 2 N–H and O–H groups in total. The van der Waals surface area contributed by atoms with Crippen molar-refractivity contribution in [2.45, 2.75) is 25.3 Å². The molecule has 1 aromatic rings. The maximum absolute atomic E-state index is 12.2. The second kappa shape index (κ2) is 5.20. The molecule has 7 heteroatoms. The number of aromatic amines is 1. The number of halogens is 2. The maximum atomic E-state index is 12.2. The summed E-state index contributed by atoms with van der Waals surface area (Å²) in [4.78, 5) is 27.3. The molecule has 0 radical (unpaired) electrons. The van der Waals surface area contributed by atoms with E-state index in [0.29, 0.717) is 13.0 Å². The molecular weight excluding hydrogens is 279 g/mol. The van der Waals surface area contributed by atoms with Gasteiger partial charge in [-0.05, 0) is 25.3 Å². The van der Waals surface area contributed by atoms with Crippen molar-refractivity contribution in [1.29, 1.82) is 0 Å². The number of carboxylic acids is 1. The fraction of sp³-hybridized carbons (Fsp3) is 0.455. The van der Waals surface area contributed by atoms with Crippen LogP contribution in [0.4, 0.5) is 0 Å². The highest BCUT2D eigenvalue weighted by Crippen LogP contribution is 2.25. The zero-order valence-electron chi connectivity index (χ0n) is 9.45. The molecule has 0 bridgehead atoms. The summed E-state index contributed by atoms with van der Waals surface area (Å²) in [6.07, 6.45) is 2.09. The summed E-state index contributed by atoms with van der Waals surface area (Å²) in [7, 11) is 0. The highest BCUT2D eigenvalue weighted by atomic mass is 35.5. The van der Waals surface area contributed by atoms with Gasteiger partial charge in [0.25, 0.3) is 5.91 Å². The number of aromatic nitrogens is 1. The number of rotatable bonds is 2. The molecule has 0 spiro atoms. The third kappa shape index (κ3) is 2.47. The van der Waals surface area contributed by atoms with Gasteiger partial charge in [-0.1, -0.05) is 23.2 Å².